The Balaban J connectivity index is 1.72. The zero-order valence-corrected chi connectivity index (χ0v) is 16.1. The van der Waals surface area contributed by atoms with E-state index in [2.05, 4.69) is 15.0 Å². The summed E-state index contributed by atoms with van der Waals surface area (Å²) in [6, 6.07) is 2.48. The summed E-state index contributed by atoms with van der Waals surface area (Å²) < 4.78 is 9.83. The van der Waals surface area contributed by atoms with Crippen LogP contribution in [0.5, 0.6) is 0 Å². The van der Waals surface area contributed by atoms with Crippen LogP contribution in [0.15, 0.2) is 30.2 Å². The molecule has 1 atom stereocenters. The standard InChI is InChI=1S/C20H25N3O5/c1-27-15-10-18(24)23(12-15)16(9-13-5-3-4-6-13)19(25)22-17-8-7-14(11-21-17)20(26)28-2/h7-8,10-11,13,16H,3-6,9,12H2,1-2H3,(H,21,22,25)/t16-/m0/s1. The number of hydrogen-bond acceptors (Lipinski definition) is 6. The van der Waals surface area contributed by atoms with E-state index < -0.39 is 12.0 Å². The molecule has 0 aromatic carbocycles. The van der Waals surface area contributed by atoms with E-state index >= 15 is 0 Å². The van der Waals surface area contributed by atoms with Crippen molar-refractivity contribution in [2.24, 2.45) is 5.92 Å². The lowest BCUT2D eigenvalue weighted by Gasteiger charge is -2.29. The van der Waals surface area contributed by atoms with Gasteiger partial charge in [0.05, 0.1) is 26.3 Å². The first-order valence-electron chi connectivity index (χ1n) is 9.42. The van der Waals surface area contributed by atoms with Gasteiger partial charge in [0.15, 0.2) is 0 Å². The van der Waals surface area contributed by atoms with Crippen molar-refractivity contribution >= 4 is 23.6 Å². The van der Waals surface area contributed by atoms with Crippen molar-refractivity contribution in [1.29, 1.82) is 0 Å². The van der Waals surface area contributed by atoms with E-state index in [1.54, 1.807) is 11.0 Å². The quantitative estimate of drug-likeness (QED) is 0.720. The molecule has 1 fully saturated rings. The molecule has 0 radical (unpaired) electrons. The minimum Gasteiger partial charge on any atom is -0.499 e. The first-order chi connectivity index (χ1) is 13.5. The van der Waals surface area contributed by atoms with Gasteiger partial charge in [0.25, 0.3) is 5.91 Å². The summed E-state index contributed by atoms with van der Waals surface area (Å²) in [6.45, 7) is 0.287. The fraction of sp³-hybridized carbons (Fsp3) is 0.500. The number of methoxy groups -OCH3 is 2. The predicted molar refractivity (Wildman–Crippen MR) is 101 cm³/mol. The number of carbonyl (C=O) groups excluding carboxylic acids is 3. The van der Waals surface area contributed by atoms with Crippen LogP contribution in [-0.4, -0.2) is 54.5 Å². The van der Waals surface area contributed by atoms with Gasteiger partial charge in [0.1, 0.15) is 17.6 Å². The predicted octanol–water partition coefficient (Wildman–Crippen LogP) is 2.13. The van der Waals surface area contributed by atoms with Crippen LogP contribution in [0.1, 0.15) is 42.5 Å². The van der Waals surface area contributed by atoms with E-state index in [1.165, 1.54) is 32.6 Å². The minimum absolute atomic E-state index is 0.219. The molecule has 28 heavy (non-hydrogen) atoms. The lowest BCUT2D eigenvalue weighted by Crippen LogP contribution is -2.46. The maximum atomic E-state index is 13.0. The molecule has 0 spiro atoms. The molecule has 2 aliphatic rings. The molecule has 1 aliphatic carbocycles. The van der Waals surface area contributed by atoms with E-state index in [1.807, 2.05) is 0 Å². The molecule has 8 nitrogen and oxygen atoms in total. The van der Waals surface area contributed by atoms with Crippen LogP contribution in [0, 0.1) is 5.92 Å². The van der Waals surface area contributed by atoms with Crippen molar-refractivity contribution in [2.75, 3.05) is 26.1 Å². The molecule has 8 heteroatoms. The number of anilines is 1. The van der Waals surface area contributed by atoms with Crippen molar-refractivity contribution in [2.45, 2.75) is 38.1 Å². The highest BCUT2D eigenvalue weighted by molar-refractivity contribution is 6.00. The summed E-state index contributed by atoms with van der Waals surface area (Å²) >= 11 is 0. The Morgan fingerprint density at radius 3 is 2.61 bits per heavy atom. The highest BCUT2D eigenvalue weighted by Gasteiger charge is 2.36. The van der Waals surface area contributed by atoms with Gasteiger partial charge in [-0.15, -0.1) is 0 Å². The van der Waals surface area contributed by atoms with Crippen molar-refractivity contribution < 1.29 is 23.9 Å². The molecule has 1 saturated carbocycles. The average Bonchev–Trinajstić information content (AvgIpc) is 3.35. The topological polar surface area (TPSA) is 97.8 Å². The van der Waals surface area contributed by atoms with Crippen LogP contribution in [0.4, 0.5) is 5.82 Å². The molecule has 1 aromatic heterocycles. The van der Waals surface area contributed by atoms with Gasteiger partial charge in [0.2, 0.25) is 5.91 Å². The van der Waals surface area contributed by atoms with Crippen LogP contribution in [0.2, 0.25) is 0 Å². The van der Waals surface area contributed by atoms with E-state index in [0.717, 1.165) is 25.7 Å². The third-order valence-electron chi connectivity index (χ3n) is 5.30. The van der Waals surface area contributed by atoms with Crippen molar-refractivity contribution in [1.82, 2.24) is 9.88 Å². The second kappa shape index (κ2) is 8.86. The Hall–Kier alpha value is -2.90. The number of nitrogens with zero attached hydrogens (tertiary/aromatic N) is 2. The molecule has 0 saturated heterocycles. The Kier molecular flexibility index (Phi) is 6.28. The lowest BCUT2D eigenvalue weighted by atomic mass is 9.96. The highest BCUT2D eigenvalue weighted by Crippen LogP contribution is 2.31. The summed E-state index contributed by atoms with van der Waals surface area (Å²) in [4.78, 5) is 42.6. The molecule has 3 rings (SSSR count). The smallest absolute Gasteiger partial charge is 0.339 e. The van der Waals surface area contributed by atoms with Crippen molar-refractivity contribution in [3.05, 3.63) is 35.7 Å². The van der Waals surface area contributed by atoms with Crippen molar-refractivity contribution in [3.63, 3.8) is 0 Å². The number of rotatable bonds is 7. The van der Waals surface area contributed by atoms with E-state index in [9.17, 15) is 14.4 Å². The van der Waals surface area contributed by atoms with Crippen LogP contribution in [-0.2, 0) is 19.1 Å². The number of esters is 1. The Bertz CT molecular complexity index is 769. The van der Waals surface area contributed by atoms with Crippen LogP contribution in [0.3, 0.4) is 0 Å². The fourth-order valence-corrected chi connectivity index (χ4v) is 3.75. The third kappa shape index (κ3) is 4.49. The van der Waals surface area contributed by atoms with Gasteiger partial charge < -0.3 is 19.7 Å². The molecule has 0 unspecified atom stereocenters. The first-order valence-corrected chi connectivity index (χ1v) is 9.42. The molecular formula is C20H25N3O5. The number of aromatic nitrogens is 1. The van der Waals surface area contributed by atoms with E-state index in [-0.39, 0.29) is 18.4 Å². The zero-order chi connectivity index (χ0) is 20.1. The van der Waals surface area contributed by atoms with E-state index in [0.29, 0.717) is 29.5 Å². The van der Waals surface area contributed by atoms with Gasteiger partial charge >= 0.3 is 5.97 Å². The molecule has 1 aliphatic heterocycles. The number of carbonyl (C=O) groups is 3. The van der Waals surface area contributed by atoms with Gasteiger partial charge in [-0.3, -0.25) is 9.59 Å². The van der Waals surface area contributed by atoms with Gasteiger partial charge in [-0.25, -0.2) is 9.78 Å². The average molecular weight is 387 g/mol. The Morgan fingerprint density at radius 2 is 2.04 bits per heavy atom. The fourth-order valence-electron chi connectivity index (χ4n) is 3.75. The summed E-state index contributed by atoms with van der Waals surface area (Å²) in [7, 11) is 2.81. The minimum atomic E-state index is -0.596. The molecular weight excluding hydrogens is 362 g/mol. The molecule has 1 aromatic rings. The van der Waals surface area contributed by atoms with E-state index in [4.69, 9.17) is 4.74 Å². The summed E-state index contributed by atoms with van der Waals surface area (Å²) in [5.74, 6) is 0.291. The molecule has 150 valence electrons. The lowest BCUT2D eigenvalue weighted by molar-refractivity contribution is -0.134. The largest absolute Gasteiger partial charge is 0.499 e. The summed E-state index contributed by atoms with van der Waals surface area (Å²) in [5.41, 5.74) is 0.298. The second-order valence-electron chi connectivity index (χ2n) is 7.10. The summed E-state index contributed by atoms with van der Waals surface area (Å²) in [5, 5.41) is 2.77. The molecule has 2 amide bonds. The van der Waals surface area contributed by atoms with Crippen molar-refractivity contribution in [3.8, 4) is 0 Å². The zero-order valence-electron chi connectivity index (χ0n) is 16.1. The first kappa shape index (κ1) is 19.9. The van der Waals surface area contributed by atoms with Gasteiger partial charge in [-0.05, 0) is 24.5 Å². The highest BCUT2D eigenvalue weighted by atomic mass is 16.5. The van der Waals surface area contributed by atoms with Crippen LogP contribution >= 0.6 is 0 Å². The number of pyridine rings is 1. The van der Waals surface area contributed by atoms with Crippen LogP contribution in [0.25, 0.3) is 0 Å². The third-order valence-corrected chi connectivity index (χ3v) is 5.30. The maximum Gasteiger partial charge on any atom is 0.339 e. The molecule has 2 heterocycles. The van der Waals surface area contributed by atoms with Gasteiger partial charge in [-0.2, -0.15) is 0 Å². The van der Waals surface area contributed by atoms with Gasteiger partial charge in [0, 0.05) is 12.3 Å². The number of amides is 2. The maximum absolute atomic E-state index is 13.0. The monoisotopic (exact) mass is 387 g/mol. The normalized spacial score (nSPS) is 18.0. The Morgan fingerprint density at radius 1 is 1.29 bits per heavy atom. The SMILES string of the molecule is COC(=O)c1ccc(NC(=O)[C@H](CC2CCCC2)N2CC(OC)=CC2=O)nc1. The summed E-state index contributed by atoms with van der Waals surface area (Å²) in [6.07, 6.45) is 7.85. The van der Waals surface area contributed by atoms with Gasteiger partial charge in [-0.1, -0.05) is 25.7 Å². The number of hydrogen-bond donors (Lipinski definition) is 1. The molecule has 1 N–H and O–H groups in total. The number of nitrogens with one attached hydrogen (secondary N) is 1. The molecule has 0 bridgehead atoms. The van der Waals surface area contributed by atoms with Crippen LogP contribution < -0.4 is 5.32 Å². The second-order valence-corrected chi connectivity index (χ2v) is 7.10. The number of ether oxygens (including phenoxy) is 2. The Labute approximate surface area is 163 Å².